The monoisotopic (exact) mass is 344 g/mol. The van der Waals surface area contributed by atoms with Gasteiger partial charge in [-0.2, -0.15) is 0 Å². The van der Waals surface area contributed by atoms with Crippen LogP contribution in [-0.4, -0.2) is 54.7 Å². The summed E-state index contributed by atoms with van der Waals surface area (Å²) in [5.74, 6) is 0.490. The molecule has 1 aliphatic rings. The summed E-state index contributed by atoms with van der Waals surface area (Å²) in [5.41, 5.74) is 1.83. The van der Waals surface area contributed by atoms with E-state index in [1.807, 2.05) is 30.3 Å². The molecule has 0 spiro atoms. The van der Waals surface area contributed by atoms with Crippen molar-refractivity contribution in [2.24, 2.45) is 0 Å². The molecule has 2 aromatic rings. The molecular weight excluding hydrogens is 319 g/mol. The first-order chi connectivity index (χ1) is 12.2. The fraction of sp³-hybridized carbons (Fsp3) is 0.400. The number of hydrogen-bond donors (Lipinski definition) is 1. The van der Waals surface area contributed by atoms with Crippen LogP contribution in [0.1, 0.15) is 17.2 Å². The summed E-state index contributed by atoms with van der Waals surface area (Å²) in [6, 6.07) is 14.4. The summed E-state index contributed by atoms with van der Waals surface area (Å²) >= 11 is 0. The van der Waals surface area contributed by atoms with Crippen LogP contribution in [0.2, 0.25) is 0 Å². The number of ether oxygens (including phenoxy) is 1. The van der Waals surface area contributed by atoms with Crippen molar-refractivity contribution in [2.45, 2.75) is 12.6 Å². The van der Waals surface area contributed by atoms with Gasteiger partial charge in [0.05, 0.1) is 13.2 Å². The molecule has 1 aliphatic heterocycles. The Balaban J connectivity index is 1.51. The van der Waals surface area contributed by atoms with Gasteiger partial charge in [0.25, 0.3) is 0 Å². The van der Waals surface area contributed by atoms with Gasteiger partial charge in [-0.15, -0.1) is 0 Å². The van der Waals surface area contributed by atoms with Crippen molar-refractivity contribution < 1.29 is 14.2 Å². The number of aliphatic hydroxyl groups excluding tert-OH is 1. The Hall–Kier alpha value is -1.95. The van der Waals surface area contributed by atoms with Gasteiger partial charge < -0.3 is 9.84 Å². The lowest BCUT2D eigenvalue weighted by molar-refractivity contribution is 0.0698. The van der Waals surface area contributed by atoms with E-state index in [1.54, 1.807) is 19.2 Å². The molecule has 0 radical (unpaired) electrons. The highest BCUT2D eigenvalue weighted by atomic mass is 19.1. The average molecular weight is 344 g/mol. The van der Waals surface area contributed by atoms with E-state index >= 15 is 0 Å². The van der Waals surface area contributed by atoms with Crippen molar-refractivity contribution in [1.29, 1.82) is 0 Å². The van der Waals surface area contributed by atoms with E-state index in [4.69, 9.17) is 4.74 Å². The van der Waals surface area contributed by atoms with Crippen molar-refractivity contribution in [2.75, 3.05) is 39.8 Å². The largest absolute Gasteiger partial charge is 0.496 e. The molecule has 0 bridgehead atoms. The molecule has 134 valence electrons. The van der Waals surface area contributed by atoms with Crippen LogP contribution in [0.25, 0.3) is 0 Å². The number of aliphatic hydroxyl groups is 1. The first-order valence-electron chi connectivity index (χ1n) is 8.66. The maximum Gasteiger partial charge on any atom is 0.123 e. The Bertz CT molecular complexity index is 673. The zero-order valence-corrected chi connectivity index (χ0v) is 14.6. The molecule has 25 heavy (non-hydrogen) atoms. The van der Waals surface area contributed by atoms with Gasteiger partial charge in [0.15, 0.2) is 0 Å². The first-order valence-corrected chi connectivity index (χ1v) is 8.66. The second kappa shape index (κ2) is 8.43. The molecule has 1 fully saturated rings. The predicted octanol–water partition coefficient (Wildman–Crippen LogP) is 2.69. The molecule has 0 aliphatic carbocycles. The van der Waals surface area contributed by atoms with E-state index in [1.165, 1.54) is 6.07 Å². The molecule has 1 unspecified atom stereocenters. The number of halogens is 1. The summed E-state index contributed by atoms with van der Waals surface area (Å²) in [7, 11) is 1.61. The zero-order chi connectivity index (χ0) is 17.6. The van der Waals surface area contributed by atoms with Gasteiger partial charge in [-0.1, -0.05) is 30.3 Å². The third-order valence-electron chi connectivity index (χ3n) is 4.72. The van der Waals surface area contributed by atoms with E-state index in [0.29, 0.717) is 13.1 Å². The summed E-state index contributed by atoms with van der Waals surface area (Å²) in [4.78, 5) is 4.57. The zero-order valence-electron chi connectivity index (χ0n) is 14.6. The van der Waals surface area contributed by atoms with E-state index < -0.39 is 6.10 Å². The van der Waals surface area contributed by atoms with Gasteiger partial charge in [0, 0.05) is 44.8 Å². The topological polar surface area (TPSA) is 35.9 Å². The third kappa shape index (κ3) is 4.78. The lowest BCUT2D eigenvalue weighted by atomic mass is 10.1. The second-order valence-corrected chi connectivity index (χ2v) is 6.46. The minimum absolute atomic E-state index is 0.236. The van der Waals surface area contributed by atoms with Crippen molar-refractivity contribution in [3.05, 3.63) is 65.5 Å². The molecule has 1 N–H and O–H groups in total. The standard InChI is InChI=1S/C20H25FN2O2/c1-25-20-8-7-18(21)13-17(20)14-22-9-11-23(12-10-22)15-19(24)16-5-3-2-4-6-16/h2-8,13,19,24H,9-12,14-15H2,1H3. The van der Waals surface area contributed by atoms with Gasteiger partial charge in [-0.25, -0.2) is 4.39 Å². The van der Waals surface area contributed by atoms with Crippen LogP contribution in [0.3, 0.4) is 0 Å². The molecule has 0 amide bonds. The van der Waals surface area contributed by atoms with Crippen molar-refractivity contribution in [1.82, 2.24) is 9.80 Å². The van der Waals surface area contributed by atoms with E-state index in [9.17, 15) is 9.50 Å². The Morgan fingerprint density at radius 2 is 1.72 bits per heavy atom. The Morgan fingerprint density at radius 1 is 1.04 bits per heavy atom. The number of piperazine rings is 1. The Morgan fingerprint density at radius 3 is 2.40 bits per heavy atom. The maximum atomic E-state index is 13.5. The maximum absolute atomic E-state index is 13.5. The molecule has 1 saturated heterocycles. The van der Waals surface area contributed by atoms with Gasteiger partial charge in [0.1, 0.15) is 11.6 Å². The van der Waals surface area contributed by atoms with Crippen LogP contribution < -0.4 is 4.74 Å². The van der Waals surface area contributed by atoms with Crippen LogP contribution in [0.15, 0.2) is 48.5 Å². The highest BCUT2D eigenvalue weighted by molar-refractivity contribution is 5.33. The first kappa shape index (κ1) is 17.9. The quantitative estimate of drug-likeness (QED) is 0.874. The van der Waals surface area contributed by atoms with Crippen LogP contribution in [0.5, 0.6) is 5.75 Å². The summed E-state index contributed by atoms with van der Waals surface area (Å²) < 4.78 is 18.8. The van der Waals surface area contributed by atoms with Crippen LogP contribution in [0.4, 0.5) is 4.39 Å². The SMILES string of the molecule is COc1ccc(F)cc1CN1CCN(CC(O)c2ccccc2)CC1. The van der Waals surface area contributed by atoms with Crippen LogP contribution in [-0.2, 0) is 6.54 Å². The normalized spacial score (nSPS) is 17.4. The second-order valence-electron chi connectivity index (χ2n) is 6.46. The molecule has 2 aromatic carbocycles. The molecule has 1 atom stereocenters. The highest BCUT2D eigenvalue weighted by Crippen LogP contribution is 2.22. The fourth-order valence-corrected chi connectivity index (χ4v) is 3.27. The number of benzene rings is 2. The minimum atomic E-state index is -0.462. The third-order valence-corrected chi connectivity index (χ3v) is 4.72. The van der Waals surface area contributed by atoms with Crippen LogP contribution in [0, 0.1) is 5.82 Å². The van der Waals surface area contributed by atoms with Crippen molar-refractivity contribution in [3.63, 3.8) is 0 Å². The molecule has 5 heteroatoms. The molecule has 1 heterocycles. The number of nitrogens with zero attached hydrogens (tertiary/aromatic N) is 2. The average Bonchev–Trinajstić information content (AvgIpc) is 2.64. The van der Waals surface area contributed by atoms with Gasteiger partial charge in [-0.05, 0) is 23.8 Å². The van der Waals surface area contributed by atoms with E-state index in [2.05, 4.69) is 9.80 Å². The van der Waals surface area contributed by atoms with Crippen LogP contribution >= 0.6 is 0 Å². The van der Waals surface area contributed by atoms with Crippen molar-refractivity contribution >= 4 is 0 Å². The molecule has 3 rings (SSSR count). The molecule has 0 saturated carbocycles. The number of β-amino-alcohol motifs (C(OH)–C–C–N with tert-alkyl or cyclic N) is 1. The fourth-order valence-electron chi connectivity index (χ4n) is 3.27. The van der Waals surface area contributed by atoms with E-state index in [0.717, 1.165) is 43.1 Å². The number of rotatable bonds is 6. The highest BCUT2D eigenvalue weighted by Gasteiger charge is 2.21. The Labute approximate surface area is 148 Å². The summed E-state index contributed by atoms with van der Waals surface area (Å²) in [5, 5.41) is 10.4. The summed E-state index contributed by atoms with van der Waals surface area (Å²) in [6.45, 7) is 4.88. The lowest BCUT2D eigenvalue weighted by Gasteiger charge is -2.35. The number of methoxy groups -OCH3 is 1. The lowest BCUT2D eigenvalue weighted by Crippen LogP contribution is -2.47. The molecule has 4 nitrogen and oxygen atoms in total. The minimum Gasteiger partial charge on any atom is -0.496 e. The van der Waals surface area contributed by atoms with Gasteiger partial charge >= 0.3 is 0 Å². The number of hydrogen-bond acceptors (Lipinski definition) is 4. The Kier molecular flexibility index (Phi) is 6.02. The smallest absolute Gasteiger partial charge is 0.123 e. The van der Waals surface area contributed by atoms with Crippen molar-refractivity contribution in [3.8, 4) is 5.75 Å². The molecular formula is C20H25FN2O2. The predicted molar refractivity (Wildman–Crippen MR) is 96.1 cm³/mol. The van der Waals surface area contributed by atoms with E-state index in [-0.39, 0.29) is 5.82 Å². The van der Waals surface area contributed by atoms with Gasteiger partial charge in [0.2, 0.25) is 0 Å². The summed E-state index contributed by atoms with van der Waals surface area (Å²) in [6.07, 6.45) is -0.462. The van der Waals surface area contributed by atoms with Gasteiger partial charge in [-0.3, -0.25) is 9.80 Å². The molecule has 0 aromatic heterocycles.